The predicted octanol–water partition coefficient (Wildman–Crippen LogP) is 16.7. The predicted molar refractivity (Wildman–Crippen MR) is 264 cm³/mol. The fourth-order valence-electron chi connectivity index (χ4n) is 8.92. The van der Waals surface area contributed by atoms with Crippen molar-refractivity contribution in [1.29, 1.82) is 0 Å². The van der Waals surface area contributed by atoms with Gasteiger partial charge in [-0.05, 0) is 95.7 Å². The first-order valence-electron chi connectivity index (χ1n) is 27.6. The van der Waals surface area contributed by atoms with Gasteiger partial charge in [-0.1, -0.05) is 214 Å². The van der Waals surface area contributed by atoms with E-state index in [9.17, 15) is 14.7 Å². The molecular weight excluding hydrogens is 755 g/mol. The molecule has 0 saturated heterocycles. The molecule has 2 atom stereocenters. The van der Waals surface area contributed by atoms with Crippen LogP contribution in [0.3, 0.4) is 0 Å². The van der Waals surface area contributed by atoms with Gasteiger partial charge >= 0.3 is 11.9 Å². The zero-order valence-corrected chi connectivity index (χ0v) is 41.9. The van der Waals surface area contributed by atoms with Crippen molar-refractivity contribution in [1.82, 2.24) is 4.90 Å². The molecule has 0 aromatic heterocycles. The number of unbranched alkanes of at least 4 members (excludes halogenated alkanes) is 28. The molecule has 0 saturated carbocycles. The fraction of sp³-hybridized carbons (Fsp3) is 0.964. The van der Waals surface area contributed by atoms with Crippen LogP contribution in [0, 0.1) is 11.8 Å². The van der Waals surface area contributed by atoms with Crippen LogP contribution >= 0.6 is 0 Å². The van der Waals surface area contributed by atoms with Gasteiger partial charge in [0.15, 0.2) is 0 Å². The van der Waals surface area contributed by atoms with E-state index in [4.69, 9.17) is 9.47 Å². The summed E-state index contributed by atoms with van der Waals surface area (Å²) in [7, 11) is 0. The van der Waals surface area contributed by atoms with Gasteiger partial charge in [0.25, 0.3) is 0 Å². The zero-order chi connectivity index (χ0) is 44.5. The number of nitrogens with zero attached hydrogens (tertiary/aromatic N) is 1. The lowest BCUT2D eigenvalue weighted by atomic mass is 9.95. The van der Waals surface area contributed by atoms with Gasteiger partial charge < -0.3 is 19.5 Å². The Balaban J connectivity index is 4.08. The summed E-state index contributed by atoms with van der Waals surface area (Å²) in [5, 5.41) is 9.33. The molecule has 0 fully saturated rings. The quantitative estimate of drug-likeness (QED) is 0.0485. The summed E-state index contributed by atoms with van der Waals surface area (Å²) in [5.74, 6) is 1.13. The minimum Gasteiger partial charge on any atom is -0.465 e. The molecule has 0 amide bonds. The number of aliphatic hydroxyl groups excluding tert-OH is 1. The van der Waals surface area contributed by atoms with E-state index in [1.54, 1.807) is 0 Å². The molecule has 2 unspecified atom stereocenters. The summed E-state index contributed by atoms with van der Waals surface area (Å²) in [5.41, 5.74) is 0. The smallest absolute Gasteiger partial charge is 0.305 e. The number of esters is 2. The lowest BCUT2D eigenvalue weighted by Gasteiger charge is -2.22. The maximum atomic E-state index is 12.5. The van der Waals surface area contributed by atoms with Crippen LogP contribution in [0.4, 0.5) is 0 Å². The van der Waals surface area contributed by atoms with Crippen molar-refractivity contribution in [3.05, 3.63) is 0 Å². The van der Waals surface area contributed by atoms with Crippen molar-refractivity contribution in [2.45, 2.75) is 291 Å². The molecule has 0 aromatic rings. The first kappa shape index (κ1) is 59.9. The third kappa shape index (κ3) is 45.2. The van der Waals surface area contributed by atoms with Crippen molar-refractivity contribution in [2.24, 2.45) is 11.8 Å². The molecule has 0 aromatic carbocycles. The molecule has 0 aliphatic carbocycles. The third-order valence-corrected chi connectivity index (χ3v) is 13.2. The lowest BCUT2D eigenvalue weighted by molar-refractivity contribution is -0.146. The molecule has 0 spiro atoms. The SMILES string of the molecule is CCCCCCCCC(CCCCCC)COC(=O)CCCCCCCCCN(CCCCO)CCCCCCCCCC(=O)OCC(CCCCCC)CCCCCCC. The van der Waals surface area contributed by atoms with E-state index >= 15 is 0 Å². The molecule has 0 bridgehead atoms. The van der Waals surface area contributed by atoms with E-state index < -0.39 is 0 Å². The number of carbonyl (C=O) groups is 2. The Bertz CT molecular complexity index is 882. The first-order valence-corrected chi connectivity index (χ1v) is 27.6. The highest BCUT2D eigenvalue weighted by Crippen LogP contribution is 2.22. The monoisotopic (exact) mass is 864 g/mol. The topological polar surface area (TPSA) is 76.1 Å². The number of rotatable bonds is 51. The summed E-state index contributed by atoms with van der Waals surface area (Å²) < 4.78 is 11.6. The van der Waals surface area contributed by atoms with Crippen molar-refractivity contribution >= 4 is 11.9 Å². The molecule has 61 heavy (non-hydrogen) atoms. The van der Waals surface area contributed by atoms with Crippen LogP contribution in [0.1, 0.15) is 291 Å². The number of ether oxygens (including phenoxy) is 2. The maximum Gasteiger partial charge on any atom is 0.305 e. The molecular formula is C55H109NO5. The Morgan fingerprint density at radius 1 is 0.361 bits per heavy atom. The first-order chi connectivity index (χ1) is 30.0. The molecule has 0 heterocycles. The standard InChI is InChI=1S/C55H109NO5/c1-5-9-13-17-25-33-43-53(41-31-16-12-8-4)51-61-55(59)45-35-27-21-19-23-29-37-47-56(48-38-39-49-57)46-36-28-22-18-20-26-34-44-54(58)60-50-52(40-30-15-11-7-3)42-32-24-14-10-6-2/h52-53,57H,5-51H2,1-4H3. The van der Waals surface area contributed by atoms with Crippen LogP contribution in [-0.4, -0.2) is 61.4 Å². The van der Waals surface area contributed by atoms with Crippen molar-refractivity contribution in [3.8, 4) is 0 Å². The molecule has 0 aliphatic rings. The van der Waals surface area contributed by atoms with E-state index in [2.05, 4.69) is 32.6 Å². The van der Waals surface area contributed by atoms with E-state index in [0.717, 1.165) is 45.1 Å². The van der Waals surface area contributed by atoms with Crippen molar-refractivity contribution in [2.75, 3.05) is 39.5 Å². The molecule has 6 nitrogen and oxygen atoms in total. The highest BCUT2D eigenvalue weighted by molar-refractivity contribution is 5.69. The van der Waals surface area contributed by atoms with Gasteiger partial charge in [-0.25, -0.2) is 0 Å². The van der Waals surface area contributed by atoms with Gasteiger partial charge in [-0.2, -0.15) is 0 Å². The maximum absolute atomic E-state index is 12.5. The third-order valence-electron chi connectivity index (χ3n) is 13.2. The average molecular weight is 864 g/mol. The average Bonchev–Trinajstić information content (AvgIpc) is 3.26. The summed E-state index contributed by atoms with van der Waals surface area (Å²) in [4.78, 5) is 27.7. The second kappa shape index (κ2) is 49.9. The number of hydrogen-bond donors (Lipinski definition) is 1. The molecule has 364 valence electrons. The number of hydrogen-bond acceptors (Lipinski definition) is 6. The Morgan fingerprint density at radius 3 is 0.951 bits per heavy atom. The second-order valence-electron chi connectivity index (χ2n) is 19.3. The molecule has 0 radical (unpaired) electrons. The van der Waals surface area contributed by atoms with Crippen LogP contribution in [0.15, 0.2) is 0 Å². The highest BCUT2D eigenvalue weighted by atomic mass is 16.5. The Kier molecular flexibility index (Phi) is 48.9. The van der Waals surface area contributed by atoms with Gasteiger partial charge in [0.1, 0.15) is 0 Å². The Morgan fingerprint density at radius 2 is 0.623 bits per heavy atom. The van der Waals surface area contributed by atoms with Gasteiger partial charge in [-0.15, -0.1) is 0 Å². The van der Waals surface area contributed by atoms with Gasteiger partial charge in [0.2, 0.25) is 0 Å². The summed E-state index contributed by atoms with van der Waals surface area (Å²) >= 11 is 0. The van der Waals surface area contributed by atoms with Crippen LogP contribution in [0.25, 0.3) is 0 Å². The van der Waals surface area contributed by atoms with Gasteiger partial charge in [0.05, 0.1) is 13.2 Å². The van der Waals surface area contributed by atoms with E-state index in [1.807, 2.05) is 0 Å². The van der Waals surface area contributed by atoms with Gasteiger partial charge in [0, 0.05) is 19.4 Å². The van der Waals surface area contributed by atoms with E-state index in [0.29, 0.717) is 44.5 Å². The largest absolute Gasteiger partial charge is 0.465 e. The molecule has 6 heteroatoms. The normalized spacial score (nSPS) is 12.6. The minimum atomic E-state index is 0.0187. The highest BCUT2D eigenvalue weighted by Gasteiger charge is 2.14. The summed E-state index contributed by atoms with van der Waals surface area (Å²) in [6, 6.07) is 0. The molecule has 0 aliphatic heterocycles. The fourth-order valence-corrected chi connectivity index (χ4v) is 8.92. The van der Waals surface area contributed by atoms with Crippen molar-refractivity contribution in [3.63, 3.8) is 0 Å². The van der Waals surface area contributed by atoms with Gasteiger partial charge in [-0.3, -0.25) is 9.59 Å². The second-order valence-corrected chi connectivity index (χ2v) is 19.3. The molecule has 0 rings (SSSR count). The Labute approximate surface area is 382 Å². The number of aliphatic hydroxyl groups is 1. The minimum absolute atomic E-state index is 0.0187. The zero-order valence-electron chi connectivity index (χ0n) is 41.9. The summed E-state index contributed by atoms with van der Waals surface area (Å²) in [6.45, 7) is 14.1. The summed E-state index contributed by atoms with van der Waals surface area (Å²) in [6.07, 6.45) is 49.7. The van der Waals surface area contributed by atoms with E-state index in [1.165, 1.54) is 225 Å². The Hall–Kier alpha value is -1.14. The molecule has 1 N–H and O–H groups in total. The number of carbonyl (C=O) groups excluding carboxylic acids is 2. The van der Waals surface area contributed by atoms with Crippen LogP contribution in [-0.2, 0) is 19.1 Å². The van der Waals surface area contributed by atoms with Crippen LogP contribution in [0.5, 0.6) is 0 Å². The van der Waals surface area contributed by atoms with Crippen molar-refractivity contribution < 1.29 is 24.2 Å². The lowest BCUT2D eigenvalue weighted by Crippen LogP contribution is -2.27. The van der Waals surface area contributed by atoms with E-state index in [-0.39, 0.29) is 11.9 Å². The van der Waals surface area contributed by atoms with Crippen LogP contribution in [0.2, 0.25) is 0 Å². The van der Waals surface area contributed by atoms with Crippen LogP contribution < -0.4 is 0 Å².